The van der Waals surface area contributed by atoms with Crippen molar-refractivity contribution < 1.29 is 14.3 Å². The van der Waals surface area contributed by atoms with Crippen molar-refractivity contribution in [2.24, 2.45) is 0 Å². The monoisotopic (exact) mass is 303 g/mol. The van der Waals surface area contributed by atoms with Gasteiger partial charge in [-0.15, -0.1) is 11.3 Å². The number of rotatable bonds is 7. The lowest BCUT2D eigenvalue weighted by Crippen LogP contribution is -2.08. The van der Waals surface area contributed by atoms with Crippen molar-refractivity contribution in [1.29, 1.82) is 0 Å². The predicted molar refractivity (Wildman–Crippen MR) is 84.1 cm³/mol. The standard InChI is InChI=1S/C16H17NO3S/c1-12(18)17-13-6-2-3-8-15(13)20-10-4-7-14(19)16-9-5-11-21-16/h2-3,5-6,8-9,11H,4,7,10H2,1H3,(H,17,18). The number of hydrogen-bond acceptors (Lipinski definition) is 4. The second kappa shape index (κ2) is 7.59. The number of ether oxygens (including phenoxy) is 1. The van der Waals surface area contributed by atoms with Gasteiger partial charge in [0.2, 0.25) is 5.91 Å². The first kappa shape index (κ1) is 15.3. The van der Waals surface area contributed by atoms with Crippen LogP contribution in [0.15, 0.2) is 41.8 Å². The summed E-state index contributed by atoms with van der Waals surface area (Å²) in [6.45, 7) is 1.89. The number of hydrogen-bond donors (Lipinski definition) is 1. The molecule has 1 aromatic heterocycles. The van der Waals surface area contributed by atoms with Crippen molar-refractivity contribution in [2.75, 3.05) is 11.9 Å². The van der Waals surface area contributed by atoms with Gasteiger partial charge in [-0.1, -0.05) is 18.2 Å². The number of carbonyl (C=O) groups excluding carboxylic acids is 2. The zero-order chi connectivity index (χ0) is 15.1. The molecule has 1 heterocycles. The fourth-order valence-electron chi connectivity index (χ4n) is 1.86. The van der Waals surface area contributed by atoms with Crippen LogP contribution in [0.5, 0.6) is 5.75 Å². The van der Waals surface area contributed by atoms with E-state index in [4.69, 9.17) is 4.74 Å². The summed E-state index contributed by atoms with van der Waals surface area (Å²) in [6, 6.07) is 11.0. The van der Waals surface area contributed by atoms with Crippen LogP contribution >= 0.6 is 11.3 Å². The molecule has 2 rings (SSSR count). The highest BCUT2D eigenvalue weighted by molar-refractivity contribution is 7.12. The Labute approximate surface area is 127 Å². The molecule has 0 saturated carbocycles. The summed E-state index contributed by atoms with van der Waals surface area (Å²) in [7, 11) is 0. The molecule has 0 aliphatic carbocycles. The van der Waals surface area contributed by atoms with E-state index in [1.165, 1.54) is 18.3 Å². The zero-order valence-electron chi connectivity index (χ0n) is 11.8. The van der Waals surface area contributed by atoms with E-state index in [0.717, 1.165) is 4.88 Å². The normalized spacial score (nSPS) is 10.1. The summed E-state index contributed by atoms with van der Waals surface area (Å²) in [4.78, 5) is 23.7. The van der Waals surface area contributed by atoms with E-state index in [1.807, 2.05) is 29.6 Å². The predicted octanol–water partition coefficient (Wildman–Crippen LogP) is 3.75. The highest BCUT2D eigenvalue weighted by Gasteiger charge is 2.07. The lowest BCUT2D eigenvalue weighted by atomic mass is 10.2. The lowest BCUT2D eigenvalue weighted by molar-refractivity contribution is -0.114. The Morgan fingerprint density at radius 3 is 2.71 bits per heavy atom. The Morgan fingerprint density at radius 1 is 1.19 bits per heavy atom. The van der Waals surface area contributed by atoms with Crippen LogP contribution in [0, 0.1) is 0 Å². The summed E-state index contributed by atoms with van der Waals surface area (Å²) in [6.07, 6.45) is 1.11. The van der Waals surface area contributed by atoms with Crippen LogP contribution in [0.1, 0.15) is 29.4 Å². The molecule has 0 radical (unpaired) electrons. The molecule has 0 spiro atoms. The van der Waals surface area contributed by atoms with Crippen LogP contribution in [-0.4, -0.2) is 18.3 Å². The van der Waals surface area contributed by atoms with Gasteiger partial charge in [0.15, 0.2) is 5.78 Å². The minimum atomic E-state index is -0.140. The van der Waals surface area contributed by atoms with Gasteiger partial charge in [0, 0.05) is 13.3 Å². The average Bonchev–Trinajstić information content (AvgIpc) is 2.98. The Balaban J connectivity index is 1.81. The van der Waals surface area contributed by atoms with E-state index in [0.29, 0.717) is 30.9 Å². The molecule has 0 aliphatic heterocycles. The van der Waals surface area contributed by atoms with Gasteiger partial charge in [0.05, 0.1) is 17.2 Å². The molecule has 110 valence electrons. The third-order valence-electron chi connectivity index (χ3n) is 2.80. The Bertz CT molecular complexity index is 608. The molecule has 5 heteroatoms. The zero-order valence-corrected chi connectivity index (χ0v) is 12.6. The van der Waals surface area contributed by atoms with Gasteiger partial charge < -0.3 is 10.1 Å². The Morgan fingerprint density at radius 2 is 2.00 bits per heavy atom. The first-order valence-electron chi connectivity index (χ1n) is 6.73. The van der Waals surface area contributed by atoms with Crippen LogP contribution in [0.25, 0.3) is 0 Å². The topological polar surface area (TPSA) is 55.4 Å². The second-order valence-corrected chi connectivity index (χ2v) is 5.48. The Hall–Kier alpha value is -2.14. The highest BCUT2D eigenvalue weighted by Crippen LogP contribution is 2.24. The van der Waals surface area contributed by atoms with E-state index in [-0.39, 0.29) is 11.7 Å². The van der Waals surface area contributed by atoms with E-state index in [1.54, 1.807) is 12.1 Å². The van der Waals surface area contributed by atoms with Gasteiger partial charge >= 0.3 is 0 Å². The summed E-state index contributed by atoms with van der Waals surface area (Å²) >= 11 is 1.46. The summed E-state index contributed by atoms with van der Waals surface area (Å²) in [5, 5.41) is 4.61. The first-order valence-corrected chi connectivity index (χ1v) is 7.61. The largest absolute Gasteiger partial charge is 0.491 e. The van der Waals surface area contributed by atoms with Gasteiger partial charge in [-0.25, -0.2) is 0 Å². The van der Waals surface area contributed by atoms with E-state index in [9.17, 15) is 9.59 Å². The molecule has 1 amide bonds. The molecule has 1 aromatic carbocycles. The van der Waals surface area contributed by atoms with Gasteiger partial charge in [0.25, 0.3) is 0 Å². The smallest absolute Gasteiger partial charge is 0.221 e. The fraction of sp³-hybridized carbons (Fsp3) is 0.250. The van der Waals surface area contributed by atoms with E-state index in [2.05, 4.69) is 5.32 Å². The van der Waals surface area contributed by atoms with E-state index >= 15 is 0 Å². The number of Topliss-reactive ketones (excluding diaryl/α,β-unsaturated/α-hetero) is 1. The molecule has 21 heavy (non-hydrogen) atoms. The average molecular weight is 303 g/mol. The number of para-hydroxylation sites is 2. The number of ketones is 1. The number of anilines is 1. The van der Waals surface area contributed by atoms with Crippen molar-refractivity contribution in [3.8, 4) is 5.75 Å². The quantitative estimate of drug-likeness (QED) is 0.626. The van der Waals surface area contributed by atoms with Crippen LogP contribution in [-0.2, 0) is 4.79 Å². The minimum absolute atomic E-state index is 0.140. The van der Waals surface area contributed by atoms with Crippen molar-refractivity contribution in [3.63, 3.8) is 0 Å². The number of benzene rings is 1. The molecule has 2 aromatic rings. The number of carbonyl (C=O) groups is 2. The molecular weight excluding hydrogens is 286 g/mol. The molecular formula is C16H17NO3S. The van der Waals surface area contributed by atoms with Crippen LogP contribution in [0.3, 0.4) is 0 Å². The van der Waals surface area contributed by atoms with Gasteiger partial charge in [-0.2, -0.15) is 0 Å². The fourth-order valence-corrected chi connectivity index (χ4v) is 2.56. The minimum Gasteiger partial charge on any atom is -0.491 e. The third kappa shape index (κ3) is 4.72. The number of amides is 1. The summed E-state index contributed by atoms with van der Waals surface area (Å²) < 4.78 is 5.64. The summed E-state index contributed by atoms with van der Waals surface area (Å²) in [5.41, 5.74) is 0.648. The summed E-state index contributed by atoms with van der Waals surface area (Å²) in [5.74, 6) is 0.624. The van der Waals surface area contributed by atoms with Crippen molar-refractivity contribution in [3.05, 3.63) is 46.7 Å². The van der Waals surface area contributed by atoms with Gasteiger partial charge in [-0.3, -0.25) is 9.59 Å². The molecule has 0 unspecified atom stereocenters. The van der Waals surface area contributed by atoms with Crippen molar-refractivity contribution in [2.45, 2.75) is 19.8 Å². The molecule has 0 fully saturated rings. The van der Waals surface area contributed by atoms with Crippen molar-refractivity contribution >= 4 is 28.7 Å². The molecule has 0 aliphatic rings. The molecule has 1 N–H and O–H groups in total. The second-order valence-electron chi connectivity index (χ2n) is 4.53. The van der Waals surface area contributed by atoms with Crippen LogP contribution in [0.2, 0.25) is 0 Å². The maximum Gasteiger partial charge on any atom is 0.221 e. The van der Waals surface area contributed by atoms with Crippen LogP contribution < -0.4 is 10.1 Å². The third-order valence-corrected chi connectivity index (χ3v) is 3.71. The van der Waals surface area contributed by atoms with E-state index < -0.39 is 0 Å². The maximum absolute atomic E-state index is 11.8. The molecule has 0 atom stereocenters. The Kier molecular flexibility index (Phi) is 5.51. The molecule has 4 nitrogen and oxygen atoms in total. The van der Waals surface area contributed by atoms with Gasteiger partial charge in [-0.05, 0) is 30.0 Å². The molecule has 0 saturated heterocycles. The van der Waals surface area contributed by atoms with Gasteiger partial charge in [0.1, 0.15) is 5.75 Å². The SMILES string of the molecule is CC(=O)Nc1ccccc1OCCCC(=O)c1cccs1. The maximum atomic E-state index is 11.8. The number of nitrogens with one attached hydrogen (secondary N) is 1. The van der Waals surface area contributed by atoms with Crippen LogP contribution in [0.4, 0.5) is 5.69 Å². The lowest BCUT2D eigenvalue weighted by Gasteiger charge is -2.11. The highest BCUT2D eigenvalue weighted by atomic mass is 32.1. The number of thiophene rings is 1. The molecule has 0 bridgehead atoms. The van der Waals surface area contributed by atoms with Crippen molar-refractivity contribution in [1.82, 2.24) is 0 Å². The first-order chi connectivity index (χ1) is 10.2.